The van der Waals surface area contributed by atoms with Crippen LogP contribution in [-0.2, 0) is 9.53 Å². The smallest absolute Gasteiger partial charge is 0.271 e. The van der Waals surface area contributed by atoms with Crippen LogP contribution >= 0.6 is 23.4 Å². The van der Waals surface area contributed by atoms with E-state index >= 15 is 0 Å². The molecule has 0 bridgehead atoms. The number of carbonyl (C=O) groups excluding carboxylic acids is 1. The topological polar surface area (TPSA) is 115 Å². The number of nitro benzene ring substituents is 1. The molecule has 12 heteroatoms. The zero-order chi connectivity index (χ0) is 21.3. The normalized spacial score (nSPS) is 17.6. The second-order valence-electron chi connectivity index (χ2n) is 7.15. The molecule has 30 heavy (non-hydrogen) atoms. The van der Waals surface area contributed by atoms with Crippen LogP contribution in [0.4, 0.5) is 17.3 Å². The summed E-state index contributed by atoms with van der Waals surface area (Å²) in [7, 11) is 0. The van der Waals surface area contributed by atoms with Crippen molar-refractivity contribution in [1.82, 2.24) is 14.8 Å². The maximum Gasteiger partial charge on any atom is 0.271 e. The van der Waals surface area contributed by atoms with Crippen LogP contribution in [0.2, 0.25) is 5.02 Å². The quantitative estimate of drug-likeness (QED) is 0.387. The first kappa shape index (κ1) is 20.9. The molecule has 0 spiro atoms. The van der Waals surface area contributed by atoms with Crippen molar-refractivity contribution in [1.29, 1.82) is 0 Å². The molecule has 0 radical (unpaired) electrons. The first-order valence-corrected chi connectivity index (χ1v) is 10.9. The van der Waals surface area contributed by atoms with Gasteiger partial charge >= 0.3 is 0 Å². The molecule has 1 aliphatic heterocycles. The molecule has 1 aromatic heterocycles. The highest BCUT2D eigenvalue weighted by Crippen LogP contribution is 2.42. The summed E-state index contributed by atoms with van der Waals surface area (Å²) in [5.41, 5.74) is 0.0691. The number of aromatic nitrogens is 3. The molecule has 1 atom stereocenters. The summed E-state index contributed by atoms with van der Waals surface area (Å²) in [6.45, 7) is 4.59. The first-order chi connectivity index (χ1) is 14.4. The van der Waals surface area contributed by atoms with Crippen molar-refractivity contribution >= 4 is 46.6 Å². The number of rotatable bonds is 7. The summed E-state index contributed by atoms with van der Waals surface area (Å²) in [4.78, 5) is 25.3. The third-order valence-electron chi connectivity index (χ3n) is 4.92. The number of amides is 1. The molecule has 1 saturated heterocycles. The van der Waals surface area contributed by atoms with Crippen molar-refractivity contribution in [2.75, 3.05) is 36.5 Å². The fourth-order valence-electron chi connectivity index (χ4n) is 3.15. The number of carbonyl (C=O) groups is 1. The maximum atomic E-state index is 12.7. The molecule has 1 unspecified atom stereocenters. The summed E-state index contributed by atoms with van der Waals surface area (Å²) in [5, 5.41) is 22.8. The summed E-state index contributed by atoms with van der Waals surface area (Å²) in [5.74, 6) is 0.498. The van der Waals surface area contributed by atoms with Crippen LogP contribution in [0.1, 0.15) is 25.8 Å². The van der Waals surface area contributed by atoms with Gasteiger partial charge in [-0.15, -0.1) is 10.2 Å². The minimum atomic E-state index is -0.532. The third kappa shape index (κ3) is 4.52. The standard InChI is InChI=1S/C18H21ClN6O4S/c1-11(16(26)20-15-10-13(25(27)28)4-5-14(15)19)30-18-22-21-17(24(18)12-2-3-12)23-6-8-29-9-7-23/h4-5,10-12H,2-3,6-9H2,1H3,(H,20,26). The Morgan fingerprint density at radius 3 is 2.77 bits per heavy atom. The van der Waals surface area contributed by atoms with Gasteiger partial charge in [0.25, 0.3) is 5.69 Å². The van der Waals surface area contributed by atoms with Gasteiger partial charge in [-0.1, -0.05) is 23.4 Å². The van der Waals surface area contributed by atoms with Crippen LogP contribution in [0, 0.1) is 10.1 Å². The zero-order valence-electron chi connectivity index (χ0n) is 16.3. The van der Waals surface area contributed by atoms with Gasteiger partial charge < -0.3 is 15.0 Å². The number of halogens is 1. The monoisotopic (exact) mass is 452 g/mol. The number of nitrogens with zero attached hydrogens (tertiary/aromatic N) is 5. The van der Waals surface area contributed by atoms with E-state index in [-0.39, 0.29) is 22.3 Å². The lowest BCUT2D eigenvalue weighted by Gasteiger charge is -2.28. The summed E-state index contributed by atoms with van der Waals surface area (Å²) in [6.07, 6.45) is 2.12. The Hall–Kier alpha value is -2.37. The van der Waals surface area contributed by atoms with Gasteiger partial charge in [0, 0.05) is 31.3 Å². The van der Waals surface area contributed by atoms with Gasteiger partial charge in [0.2, 0.25) is 11.9 Å². The zero-order valence-corrected chi connectivity index (χ0v) is 17.9. The molecule has 1 saturated carbocycles. The molecule has 160 valence electrons. The van der Waals surface area contributed by atoms with Crippen molar-refractivity contribution < 1.29 is 14.5 Å². The minimum Gasteiger partial charge on any atom is -0.378 e. The second kappa shape index (κ2) is 8.78. The van der Waals surface area contributed by atoms with Crippen LogP contribution in [0.25, 0.3) is 0 Å². The van der Waals surface area contributed by atoms with Gasteiger partial charge in [-0.25, -0.2) is 0 Å². The van der Waals surface area contributed by atoms with Crippen molar-refractivity contribution in [2.24, 2.45) is 0 Å². The molecule has 2 heterocycles. The van der Waals surface area contributed by atoms with E-state index in [0.717, 1.165) is 31.9 Å². The van der Waals surface area contributed by atoms with Gasteiger partial charge in [0.05, 0.1) is 34.1 Å². The summed E-state index contributed by atoms with van der Waals surface area (Å²) < 4.78 is 7.53. The van der Waals surface area contributed by atoms with E-state index in [2.05, 4.69) is 25.0 Å². The third-order valence-corrected chi connectivity index (χ3v) is 6.31. The maximum absolute atomic E-state index is 12.7. The van der Waals surface area contributed by atoms with Gasteiger partial charge in [-0.2, -0.15) is 0 Å². The van der Waals surface area contributed by atoms with Crippen LogP contribution < -0.4 is 10.2 Å². The number of thioether (sulfide) groups is 1. The molecule has 2 aromatic rings. The molecule has 10 nitrogen and oxygen atoms in total. The molecule has 1 aliphatic carbocycles. The summed E-state index contributed by atoms with van der Waals surface area (Å²) >= 11 is 7.40. The SMILES string of the molecule is CC(Sc1nnc(N2CCOCC2)n1C1CC1)C(=O)Nc1cc([N+](=O)[O-])ccc1Cl. The number of morpholine rings is 1. The lowest BCUT2D eigenvalue weighted by Crippen LogP contribution is -2.38. The predicted molar refractivity (Wildman–Crippen MR) is 113 cm³/mol. The number of ether oxygens (including phenoxy) is 1. The largest absolute Gasteiger partial charge is 0.378 e. The van der Waals surface area contributed by atoms with E-state index in [1.165, 1.54) is 30.0 Å². The number of benzene rings is 1. The first-order valence-electron chi connectivity index (χ1n) is 9.63. The Morgan fingerprint density at radius 1 is 1.37 bits per heavy atom. The number of anilines is 2. The average Bonchev–Trinajstić information content (AvgIpc) is 3.50. The fraction of sp³-hybridized carbons (Fsp3) is 0.500. The Morgan fingerprint density at radius 2 is 2.10 bits per heavy atom. The van der Waals surface area contributed by atoms with E-state index in [9.17, 15) is 14.9 Å². The van der Waals surface area contributed by atoms with E-state index < -0.39 is 10.2 Å². The van der Waals surface area contributed by atoms with Crippen LogP contribution in [0.5, 0.6) is 0 Å². The van der Waals surface area contributed by atoms with Gasteiger partial charge in [-0.05, 0) is 25.8 Å². The summed E-state index contributed by atoms with van der Waals surface area (Å²) in [6, 6.07) is 4.29. The fourth-order valence-corrected chi connectivity index (χ4v) is 4.23. The van der Waals surface area contributed by atoms with E-state index in [0.29, 0.717) is 24.4 Å². The Balaban J connectivity index is 1.48. The average molecular weight is 453 g/mol. The number of non-ortho nitro benzene ring substituents is 1. The number of nitro groups is 1. The van der Waals surface area contributed by atoms with Crippen molar-refractivity contribution in [3.63, 3.8) is 0 Å². The Kier molecular flexibility index (Phi) is 6.11. The highest BCUT2D eigenvalue weighted by atomic mass is 35.5. The molecule has 1 aromatic carbocycles. The van der Waals surface area contributed by atoms with Crippen LogP contribution in [0.3, 0.4) is 0 Å². The molecule has 2 aliphatic rings. The van der Waals surface area contributed by atoms with E-state index in [4.69, 9.17) is 16.3 Å². The molecule has 1 N–H and O–H groups in total. The molecule has 4 rings (SSSR count). The van der Waals surface area contributed by atoms with Gasteiger partial charge in [-0.3, -0.25) is 19.5 Å². The van der Waals surface area contributed by atoms with Gasteiger partial charge in [0.1, 0.15) is 0 Å². The van der Waals surface area contributed by atoms with Gasteiger partial charge in [0.15, 0.2) is 5.16 Å². The molecule has 1 amide bonds. The van der Waals surface area contributed by atoms with Crippen molar-refractivity contribution in [3.05, 3.63) is 33.3 Å². The molecular formula is C18H21ClN6O4S. The number of hydrogen-bond donors (Lipinski definition) is 1. The predicted octanol–water partition coefficient (Wildman–Crippen LogP) is 3.13. The van der Waals surface area contributed by atoms with Crippen LogP contribution in [0.15, 0.2) is 23.4 Å². The Labute approximate surface area is 182 Å². The van der Waals surface area contributed by atoms with Crippen molar-refractivity contribution in [2.45, 2.75) is 36.2 Å². The molecular weight excluding hydrogens is 432 g/mol. The lowest BCUT2D eigenvalue weighted by molar-refractivity contribution is -0.384. The van der Waals surface area contributed by atoms with E-state index in [1.807, 2.05) is 0 Å². The lowest BCUT2D eigenvalue weighted by atomic mass is 10.2. The second-order valence-corrected chi connectivity index (χ2v) is 8.87. The Bertz CT molecular complexity index is 960. The highest BCUT2D eigenvalue weighted by molar-refractivity contribution is 8.00. The number of hydrogen-bond acceptors (Lipinski definition) is 8. The highest BCUT2D eigenvalue weighted by Gasteiger charge is 2.33. The molecule has 2 fully saturated rings. The van der Waals surface area contributed by atoms with E-state index in [1.54, 1.807) is 6.92 Å². The number of nitrogens with one attached hydrogen (secondary N) is 1. The van der Waals surface area contributed by atoms with Crippen molar-refractivity contribution in [3.8, 4) is 0 Å². The van der Waals surface area contributed by atoms with Crippen LogP contribution in [-0.4, -0.2) is 57.1 Å². The minimum absolute atomic E-state index is 0.140.